The lowest BCUT2D eigenvalue weighted by molar-refractivity contribution is 0.0951. The zero-order chi connectivity index (χ0) is 18.5. The largest absolute Gasteiger partial charge is 0.352 e. The summed E-state index contributed by atoms with van der Waals surface area (Å²) in [5.41, 5.74) is 2.25. The highest BCUT2D eigenvalue weighted by molar-refractivity contribution is 5.98. The van der Waals surface area contributed by atoms with Gasteiger partial charge in [0.05, 0.1) is 17.5 Å². The van der Waals surface area contributed by atoms with Gasteiger partial charge in [0.2, 0.25) is 0 Å². The number of likely N-dealkylation sites (tertiary alicyclic amines) is 1. The minimum atomic E-state index is -0.0370. The molecule has 2 aromatic rings. The van der Waals surface area contributed by atoms with Crippen LogP contribution in [-0.2, 0) is 0 Å². The van der Waals surface area contributed by atoms with Crippen molar-refractivity contribution in [1.82, 2.24) is 25.0 Å². The fourth-order valence-electron chi connectivity index (χ4n) is 3.63. The van der Waals surface area contributed by atoms with Crippen LogP contribution in [0.2, 0.25) is 0 Å². The second-order valence-electron chi connectivity index (χ2n) is 7.58. The summed E-state index contributed by atoms with van der Waals surface area (Å²) in [6.07, 6.45) is 8.11. The molecule has 0 aromatic carbocycles. The Labute approximate surface area is 156 Å². The first-order valence-electron chi connectivity index (χ1n) is 9.91. The number of carbonyl (C=O) groups excluding carboxylic acids is 1. The van der Waals surface area contributed by atoms with Gasteiger partial charge in [0.15, 0.2) is 5.65 Å². The molecule has 1 amide bonds. The smallest absolute Gasteiger partial charge is 0.253 e. The van der Waals surface area contributed by atoms with Gasteiger partial charge in [-0.2, -0.15) is 5.10 Å². The van der Waals surface area contributed by atoms with Crippen LogP contribution in [0.15, 0.2) is 12.3 Å². The molecule has 0 bridgehead atoms. The van der Waals surface area contributed by atoms with E-state index in [2.05, 4.69) is 34.1 Å². The molecule has 1 N–H and O–H groups in total. The van der Waals surface area contributed by atoms with E-state index in [-0.39, 0.29) is 11.9 Å². The van der Waals surface area contributed by atoms with Crippen LogP contribution in [0.4, 0.5) is 0 Å². The molecule has 0 aliphatic carbocycles. The van der Waals surface area contributed by atoms with Crippen LogP contribution >= 0.6 is 0 Å². The third-order valence-electron chi connectivity index (χ3n) is 5.13. The molecular weight excluding hydrogens is 326 g/mol. The first kappa shape index (κ1) is 18.8. The lowest BCUT2D eigenvalue weighted by Crippen LogP contribution is -2.31. The zero-order valence-electron chi connectivity index (χ0n) is 16.3. The Balaban J connectivity index is 1.56. The SMILES string of the molecule is Cc1nc2c(cnn2C(C)C)cc1C(=O)NCCCN1CCCCCC1. The van der Waals surface area contributed by atoms with Gasteiger partial charge in [-0.15, -0.1) is 0 Å². The van der Waals surface area contributed by atoms with Crippen molar-refractivity contribution in [2.75, 3.05) is 26.2 Å². The molecule has 26 heavy (non-hydrogen) atoms. The number of amides is 1. The summed E-state index contributed by atoms with van der Waals surface area (Å²) >= 11 is 0. The average Bonchev–Trinajstić information content (AvgIpc) is 2.84. The number of aryl methyl sites for hydroxylation is 1. The molecule has 0 spiro atoms. The molecule has 1 saturated heterocycles. The van der Waals surface area contributed by atoms with Crippen molar-refractivity contribution in [3.63, 3.8) is 0 Å². The average molecular weight is 358 g/mol. The quantitative estimate of drug-likeness (QED) is 0.806. The van der Waals surface area contributed by atoms with Gasteiger partial charge >= 0.3 is 0 Å². The Morgan fingerprint density at radius 1 is 1.23 bits per heavy atom. The van der Waals surface area contributed by atoms with E-state index in [1.807, 2.05) is 17.7 Å². The highest BCUT2D eigenvalue weighted by atomic mass is 16.1. The molecule has 142 valence electrons. The summed E-state index contributed by atoms with van der Waals surface area (Å²) in [5, 5.41) is 8.36. The summed E-state index contributed by atoms with van der Waals surface area (Å²) in [7, 11) is 0. The van der Waals surface area contributed by atoms with Crippen LogP contribution in [-0.4, -0.2) is 51.8 Å². The van der Waals surface area contributed by atoms with Crippen LogP contribution in [0.1, 0.15) is 68.0 Å². The number of hydrogen-bond acceptors (Lipinski definition) is 4. The van der Waals surface area contributed by atoms with Crippen molar-refractivity contribution in [3.05, 3.63) is 23.5 Å². The summed E-state index contributed by atoms with van der Waals surface area (Å²) in [5.74, 6) is -0.0370. The number of nitrogens with one attached hydrogen (secondary N) is 1. The first-order valence-corrected chi connectivity index (χ1v) is 9.91. The maximum absolute atomic E-state index is 12.6. The first-order chi connectivity index (χ1) is 12.6. The van der Waals surface area contributed by atoms with Gasteiger partial charge in [-0.3, -0.25) is 4.79 Å². The van der Waals surface area contributed by atoms with Crippen molar-refractivity contribution < 1.29 is 4.79 Å². The molecule has 6 nitrogen and oxygen atoms in total. The Kier molecular flexibility index (Phi) is 6.25. The normalized spacial score (nSPS) is 16.2. The Hall–Kier alpha value is -1.95. The molecule has 1 aliphatic rings. The third-order valence-corrected chi connectivity index (χ3v) is 5.13. The number of pyridine rings is 1. The summed E-state index contributed by atoms with van der Waals surface area (Å²) < 4.78 is 1.89. The van der Waals surface area contributed by atoms with Crippen LogP contribution < -0.4 is 5.32 Å². The molecule has 0 unspecified atom stereocenters. The minimum absolute atomic E-state index is 0.0370. The topological polar surface area (TPSA) is 63.1 Å². The van der Waals surface area contributed by atoms with Crippen LogP contribution in [0, 0.1) is 6.92 Å². The third kappa shape index (κ3) is 4.41. The van der Waals surface area contributed by atoms with E-state index >= 15 is 0 Å². The van der Waals surface area contributed by atoms with E-state index < -0.39 is 0 Å². The van der Waals surface area contributed by atoms with Gasteiger partial charge in [0, 0.05) is 18.0 Å². The van der Waals surface area contributed by atoms with E-state index in [1.54, 1.807) is 6.20 Å². The number of rotatable bonds is 6. The molecule has 6 heteroatoms. The molecule has 3 rings (SSSR count). The monoisotopic (exact) mass is 357 g/mol. The summed E-state index contributed by atoms with van der Waals surface area (Å²) in [6, 6.07) is 2.16. The van der Waals surface area contributed by atoms with E-state index in [1.165, 1.54) is 38.8 Å². The molecule has 0 atom stereocenters. The fourth-order valence-corrected chi connectivity index (χ4v) is 3.63. The van der Waals surface area contributed by atoms with Gasteiger partial charge in [0.25, 0.3) is 5.91 Å². The van der Waals surface area contributed by atoms with Crippen molar-refractivity contribution in [1.29, 1.82) is 0 Å². The summed E-state index contributed by atoms with van der Waals surface area (Å²) in [6.45, 7) is 10.2. The highest BCUT2D eigenvalue weighted by Gasteiger charge is 2.15. The minimum Gasteiger partial charge on any atom is -0.352 e. The summed E-state index contributed by atoms with van der Waals surface area (Å²) in [4.78, 5) is 19.7. The van der Waals surface area contributed by atoms with Crippen molar-refractivity contribution >= 4 is 16.9 Å². The lowest BCUT2D eigenvalue weighted by atomic mass is 10.1. The fraction of sp³-hybridized carbons (Fsp3) is 0.650. The van der Waals surface area contributed by atoms with Crippen molar-refractivity contribution in [3.8, 4) is 0 Å². The number of carbonyl (C=O) groups is 1. The maximum atomic E-state index is 12.6. The number of hydrogen-bond donors (Lipinski definition) is 1. The van der Waals surface area contributed by atoms with Crippen LogP contribution in [0.25, 0.3) is 11.0 Å². The predicted molar refractivity (Wildman–Crippen MR) is 105 cm³/mol. The number of fused-ring (bicyclic) bond motifs is 1. The van der Waals surface area contributed by atoms with E-state index in [4.69, 9.17) is 0 Å². The molecule has 1 fully saturated rings. The van der Waals surface area contributed by atoms with Crippen molar-refractivity contribution in [2.45, 2.75) is 58.9 Å². The Morgan fingerprint density at radius 2 is 1.96 bits per heavy atom. The van der Waals surface area contributed by atoms with Gasteiger partial charge in [0.1, 0.15) is 0 Å². The van der Waals surface area contributed by atoms with E-state index in [9.17, 15) is 4.79 Å². The molecular formula is C20H31N5O. The highest BCUT2D eigenvalue weighted by Crippen LogP contribution is 2.19. The zero-order valence-corrected chi connectivity index (χ0v) is 16.3. The Bertz CT molecular complexity index is 744. The van der Waals surface area contributed by atoms with Gasteiger partial charge in [-0.25, -0.2) is 9.67 Å². The molecule has 0 saturated carbocycles. The predicted octanol–water partition coefficient (Wildman–Crippen LogP) is 3.32. The number of nitrogens with zero attached hydrogens (tertiary/aromatic N) is 4. The van der Waals surface area contributed by atoms with Crippen LogP contribution in [0.5, 0.6) is 0 Å². The molecule has 0 radical (unpaired) electrons. The lowest BCUT2D eigenvalue weighted by Gasteiger charge is -2.19. The Morgan fingerprint density at radius 3 is 2.65 bits per heavy atom. The van der Waals surface area contributed by atoms with Crippen LogP contribution in [0.3, 0.4) is 0 Å². The molecule has 3 heterocycles. The molecule has 2 aromatic heterocycles. The van der Waals surface area contributed by atoms with E-state index in [0.29, 0.717) is 12.1 Å². The number of aromatic nitrogens is 3. The standard InChI is InChI=1S/C20H31N5O/c1-15(2)25-19-17(14-22-25)13-18(16(3)23-19)20(26)21-9-8-12-24-10-6-4-5-7-11-24/h13-15H,4-12H2,1-3H3,(H,21,26). The van der Waals surface area contributed by atoms with Gasteiger partial charge in [-0.1, -0.05) is 12.8 Å². The second kappa shape index (κ2) is 8.62. The van der Waals surface area contributed by atoms with Gasteiger partial charge in [-0.05, 0) is 65.7 Å². The van der Waals surface area contributed by atoms with Crippen molar-refractivity contribution in [2.24, 2.45) is 0 Å². The second-order valence-corrected chi connectivity index (χ2v) is 7.58. The maximum Gasteiger partial charge on any atom is 0.253 e. The van der Waals surface area contributed by atoms with E-state index in [0.717, 1.165) is 29.7 Å². The van der Waals surface area contributed by atoms with Gasteiger partial charge < -0.3 is 10.2 Å². The molecule has 1 aliphatic heterocycles.